The largest absolute Gasteiger partial charge is 0.484 e. The van der Waals surface area contributed by atoms with Crippen molar-refractivity contribution in [1.82, 2.24) is 4.90 Å². The van der Waals surface area contributed by atoms with Crippen LogP contribution in [-0.4, -0.2) is 30.5 Å². The fourth-order valence-corrected chi connectivity index (χ4v) is 3.53. The van der Waals surface area contributed by atoms with Gasteiger partial charge in [0.15, 0.2) is 6.61 Å². The predicted octanol–water partition coefficient (Wildman–Crippen LogP) is 4.55. The second-order valence-corrected chi connectivity index (χ2v) is 7.82. The van der Waals surface area contributed by atoms with Gasteiger partial charge >= 0.3 is 0 Å². The zero-order valence-corrected chi connectivity index (χ0v) is 16.6. The molecular formula is C23H30N2O2. The molecular weight excluding hydrogens is 336 g/mol. The van der Waals surface area contributed by atoms with Crippen LogP contribution in [0.1, 0.15) is 36.5 Å². The average Bonchev–Trinajstić information content (AvgIpc) is 2.63. The number of amides is 1. The lowest BCUT2D eigenvalue weighted by Gasteiger charge is -2.30. The Bertz CT molecular complexity index is 742. The van der Waals surface area contributed by atoms with Crippen LogP contribution in [0.5, 0.6) is 5.75 Å². The number of hydrogen-bond donors (Lipinski definition) is 1. The van der Waals surface area contributed by atoms with E-state index in [9.17, 15) is 4.79 Å². The van der Waals surface area contributed by atoms with Crippen molar-refractivity contribution < 1.29 is 9.53 Å². The Morgan fingerprint density at radius 2 is 1.70 bits per heavy atom. The van der Waals surface area contributed by atoms with Crippen LogP contribution in [-0.2, 0) is 11.3 Å². The number of aryl methyl sites for hydroxylation is 2. The molecule has 1 N–H and O–H groups in total. The summed E-state index contributed by atoms with van der Waals surface area (Å²) in [5.74, 6) is 1.44. The van der Waals surface area contributed by atoms with Crippen LogP contribution >= 0.6 is 0 Å². The molecule has 0 unspecified atom stereocenters. The van der Waals surface area contributed by atoms with Gasteiger partial charge in [0.2, 0.25) is 0 Å². The molecule has 27 heavy (non-hydrogen) atoms. The van der Waals surface area contributed by atoms with Crippen molar-refractivity contribution in [1.29, 1.82) is 0 Å². The minimum atomic E-state index is -0.146. The second kappa shape index (κ2) is 9.05. The molecule has 1 aliphatic rings. The van der Waals surface area contributed by atoms with Crippen LogP contribution in [0.3, 0.4) is 0 Å². The minimum absolute atomic E-state index is 0.0105. The number of nitrogens with zero attached hydrogens (tertiary/aromatic N) is 1. The van der Waals surface area contributed by atoms with E-state index in [4.69, 9.17) is 4.74 Å². The van der Waals surface area contributed by atoms with E-state index in [2.05, 4.69) is 35.3 Å². The number of rotatable bonds is 6. The summed E-state index contributed by atoms with van der Waals surface area (Å²) in [5.41, 5.74) is 4.35. The van der Waals surface area contributed by atoms with Crippen LogP contribution in [0, 0.1) is 19.8 Å². The van der Waals surface area contributed by atoms with Crippen molar-refractivity contribution in [3.8, 4) is 5.75 Å². The normalized spacial score (nSPS) is 15.5. The number of carbonyl (C=O) groups excluding carboxylic acids is 1. The zero-order valence-electron chi connectivity index (χ0n) is 16.6. The van der Waals surface area contributed by atoms with E-state index in [-0.39, 0.29) is 12.5 Å². The monoisotopic (exact) mass is 366 g/mol. The third kappa shape index (κ3) is 6.10. The predicted molar refractivity (Wildman–Crippen MR) is 110 cm³/mol. The molecule has 1 heterocycles. The molecule has 4 nitrogen and oxygen atoms in total. The molecule has 0 aromatic heterocycles. The Labute approximate surface area is 162 Å². The molecule has 1 fully saturated rings. The van der Waals surface area contributed by atoms with Gasteiger partial charge in [-0.05, 0) is 86.7 Å². The smallest absolute Gasteiger partial charge is 0.262 e. The first-order chi connectivity index (χ1) is 13.0. The summed E-state index contributed by atoms with van der Waals surface area (Å²) < 4.78 is 5.62. The Morgan fingerprint density at radius 1 is 1.07 bits per heavy atom. The first-order valence-electron chi connectivity index (χ1n) is 9.80. The SMILES string of the molecule is Cc1cc(C)cc(OCC(=O)Nc2ccc(CN3CCC(C)CC3)cc2)c1. The molecule has 0 atom stereocenters. The molecule has 4 heteroatoms. The van der Waals surface area contributed by atoms with E-state index in [1.807, 2.05) is 38.1 Å². The first kappa shape index (κ1) is 19.4. The standard InChI is InChI=1S/C23H30N2O2/c1-17-8-10-25(11-9-17)15-20-4-6-21(7-5-20)24-23(26)16-27-22-13-18(2)12-19(3)14-22/h4-7,12-14,17H,8-11,15-16H2,1-3H3,(H,24,26). The number of likely N-dealkylation sites (tertiary alicyclic amines) is 1. The van der Waals surface area contributed by atoms with Crippen molar-refractivity contribution in [2.24, 2.45) is 5.92 Å². The molecule has 0 spiro atoms. The van der Waals surface area contributed by atoms with Crippen molar-refractivity contribution in [2.75, 3.05) is 25.0 Å². The van der Waals surface area contributed by atoms with Gasteiger partial charge in [0, 0.05) is 12.2 Å². The first-order valence-corrected chi connectivity index (χ1v) is 9.80. The molecule has 144 valence electrons. The Morgan fingerprint density at radius 3 is 2.33 bits per heavy atom. The molecule has 0 saturated carbocycles. The summed E-state index contributed by atoms with van der Waals surface area (Å²) in [6, 6.07) is 14.1. The lowest BCUT2D eigenvalue weighted by molar-refractivity contribution is -0.118. The number of benzene rings is 2. The van der Waals surface area contributed by atoms with Gasteiger partial charge in [-0.25, -0.2) is 0 Å². The van der Waals surface area contributed by atoms with Gasteiger partial charge in [-0.15, -0.1) is 0 Å². The number of carbonyl (C=O) groups is 1. The van der Waals surface area contributed by atoms with Crippen LogP contribution in [0.15, 0.2) is 42.5 Å². The highest BCUT2D eigenvalue weighted by atomic mass is 16.5. The van der Waals surface area contributed by atoms with Gasteiger partial charge < -0.3 is 10.1 Å². The molecule has 0 radical (unpaired) electrons. The van der Waals surface area contributed by atoms with Crippen LogP contribution in [0.2, 0.25) is 0 Å². The quantitative estimate of drug-likeness (QED) is 0.815. The molecule has 1 saturated heterocycles. The van der Waals surface area contributed by atoms with Gasteiger partial charge in [0.05, 0.1) is 0 Å². The molecule has 2 aromatic rings. The molecule has 1 aliphatic heterocycles. The van der Waals surface area contributed by atoms with Crippen LogP contribution in [0.25, 0.3) is 0 Å². The Kier molecular flexibility index (Phi) is 6.51. The summed E-state index contributed by atoms with van der Waals surface area (Å²) in [4.78, 5) is 14.6. The summed E-state index contributed by atoms with van der Waals surface area (Å²) in [5, 5.41) is 2.90. The van der Waals surface area contributed by atoms with Gasteiger partial charge in [-0.2, -0.15) is 0 Å². The van der Waals surface area contributed by atoms with Gasteiger partial charge in [-0.1, -0.05) is 25.1 Å². The molecule has 0 aliphatic carbocycles. The van der Waals surface area contributed by atoms with Crippen LogP contribution < -0.4 is 10.1 Å². The topological polar surface area (TPSA) is 41.6 Å². The van der Waals surface area contributed by atoms with E-state index >= 15 is 0 Å². The maximum atomic E-state index is 12.1. The summed E-state index contributed by atoms with van der Waals surface area (Å²) >= 11 is 0. The van der Waals surface area contributed by atoms with Crippen molar-refractivity contribution in [3.05, 3.63) is 59.2 Å². The maximum absolute atomic E-state index is 12.1. The van der Waals surface area contributed by atoms with Crippen molar-refractivity contribution in [3.63, 3.8) is 0 Å². The van der Waals surface area contributed by atoms with Gasteiger partial charge in [0.25, 0.3) is 5.91 Å². The third-order valence-electron chi connectivity index (χ3n) is 5.09. The van der Waals surface area contributed by atoms with E-state index < -0.39 is 0 Å². The van der Waals surface area contributed by atoms with Gasteiger partial charge in [-0.3, -0.25) is 9.69 Å². The maximum Gasteiger partial charge on any atom is 0.262 e. The highest BCUT2D eigenvalue weighted by molar-refractivity contribution is 5.91. The molecule has 3 rings (SSSR count). The second-order valence-electron chi connectivity index (χ2n) is 7.82. The number of piperidine rings is 1. The van der Waals surface area contributed by atoms with E-state index in [1.165, 1.54) is 31.5 Å². The van der Waals surface area contributed by atoms with E-state index in [1.54, 1.807) is 0 Å². The third-order valence-corrected chi connectivity index (χ3v) is 5.09. The van der Waals surface area contributed by atoms with E-state index in [0.29, 0.717) is 0 Å². The van der Waals surface area contributed by atoms with Crippen molar-refractivity contribution in [2.45, 2.75) is 40.2 Å². The number of nitrogens with one attached hydrogen (secondary N) is 1. The Hall–Kier alpha value is -2.33. The number of anilines is 1. The fourth-order valence-electron chi connectivity index (χ4n) is 3.53. The Balaban J connectivity index is 1.46. The number of ether oxygens (including phenoxy) is 1. The summed E-state index contributed by atoms with van der Waals surface area (Å²) in [6.45, 7) is 9.72. The molecule has 0 bridgehead atoms. The van der Waals surface area contributed by atoms with Crippen molar-refractivity contribution >= 4 is 11.6 Å². The average molecular weight is 367 g/mol. The molecule has 1 amide bonds. The molecule has 2 aromatic carbocycles. The summed E-state index contributed by atoms with van der Waals surface area (Å²) in [6.07, 6.45) is 2.57. The van der Waals surface area contributed by atoms with E-state index in [0.717, 1.165) is 35.0 Å². The fraction of sp³-hybridized carbons (Fsp3) is 0.435. The minimum Gasteiger partial charge on any atom is -0.484 e. The highest BCUT2D eigenvalue weighted by Gasteiger charge is 2.15. The lowest BCUT2D eigenvalue weighted by Crippen LogP contribution is -2.32. The number of hydrogen-bond acceptors (Lipinski definition) is 3. The lowest BCUT2D eigenvalue weighted by atomic mass is 9.99. The summed E-state index contributed by atoms with van der Waals surface area (Å²) in [7, 11) is 0. The van der Waals surface area contributed by atoms with Gasteiger partial charge in [0.1, 0.15) is 5.75 Å². The van der Waals surface area contributed by atoms with Crippen LogP contribution in [0.4, 0.5) is 5.69 Å². The zero-order chi connectivity index (χ0) is 19.2. The highest BCUT2D eigenvalue weighted by Crippen LogP contribution is 2.19.